The molecule has 2 aromatic carbocycles. The van der Waals surface area contributed by atoms with E-state index in [4.69, 9.17) is 18.9 Å². The fourth-order valence-electron chi connectivity index (χ4n) is 3.08. The van der Waals surface area contributed by atoms with Crippen LogP contribution in [0.25, 0.3) is 6.08 Å². The number of nitrogens with one attached hydrogen (secondary N) is 2. The molecule has 180 valence electrons. The lowest BCUT2D eigenvalue weighted by Gasteiger charge is -2.16. The second-order valence-corrected chi connectivity index (χ2v) is 7.99. The Morgan fingerprint density at radius 2 is 1.56 bits per heavy atom. The van der Waals surface area contributed by atoms with Crippen molar-refractivity contribution in [3.63, 3.8) is 0 Å². The van der Waals surface area contributed by atoms with E-state index in [0.717, 1.165) is 11.3 Å². The molecule has 1 fully saturated rings. The van der Waals surface area contributed by atoms with Crippen molar-refractivity contribution in [3.8, 4) is 17.2 Å². The molecular weight excluding hydrogens is 508 g/mol. The van der Waals surface area contributed by atoms with Gasteiger partial charge in [-0.3, -0.25) is 20.2 Å². The van der Waals surface area contributed by atoms with Gasteiger partial charge in [0.25, 0.3) is 11.8 Å². The van der Waals surface area contributed by atoms with Gasteiger partial charge in [0.2, 0.25) is 0 Å². The second kappa shape index (κ2) is 12.2. The summed E-state index contributed by atoms with van der Waals surface area (Å²) in [6.45, 7) is 5.65. The van der Waals surface area contributed by atoms with Crippen LogP contribution in [0, 0.1) is 6.92 Å². The minimum atomic E-state index is -0.851. The molecule has 0 aromatic heterocycles. The number of carbonyl (C=O) groups is 3. The second-order valence-electron chi connectivity index (χ2n) is 7.13. The molecule has 1 saturated heterocycles. The summed E-state index contributed by atoms with van der Waals surface area (Å²) in [5.41, 5.74) is 1.39. The number of carbonyl (C=O) groups excluding carboxylic acids is 3. The molecule has 34 heavy (non-hydrogen) atoms. The van der Waals surface area contributed by atoms with E-state index in [0.29, 0.717) is 48.0 Å². The molecular formula is C24H25BrN2O7. The molecule has 3 rings (SSSR count). The van der Waals surface area contributed by atoms with Gasteiger partial charge in [0.05, 0.1) is 24.3 Å². The van der Waals surface area contributed by atoms with Crippen molar-refractivity contribution in [1.29, 1.82) is 0 Å². The van der Waals surface area contributed by atoms with Gasteiger partial charge in [-0.1, -0.05) is 18.2 Å². The van der Waals surface area contributed by atoms with Gasteiger partial charge in [0.1, 0.15) is 24.5 Å². The number of hydrogen-bond acceptors (Lipinski definition) is 7. The summed E-state index contributed by atoms with van der Waals surface area (Å²) in [6.07, 6.45) is 1.37. The summed E-state index contributed by atoms with van der Waals surface area (Å²) in [6, 6.07) is 10.3. The maximum atomic E-state index is 12.0. The third-order valence-electron chi connectivity index (χ3n) is 4.64. The third kappa shape index (κ3) is 6.82. The summed E-state index contributed by atoms with van der Waals surface area (Å²) in [4.78, 5) is 35.2. The first-order chi connectivity index (χ1) is 16.4. The fraction of sp³-hybridized carbons (Fsp3) is 0.292. The number of benzene rings is 2. The number of halogens is 1. The SMILES string of the molecule is CCOc1cc(C=C2C(=O)NC(=O)NC2=O)cc(Br)c1OCCOCCOc1ccccc1C. The Hall–Kier alpha value is -3.37. The van der Waals surface area contributed by atoms with Crippen LogP contribution in [0.4, 0.5) is 4.79 Å². The molecule has 0 unspecified atom stereocenters. The minimum Gasteiger partial charge on any atom is -0.491 e. The Bertz CT molecular complexity index is 1080. The van der Waals surface area contributed by atoms with E-state index < -0.39 is 17.8 Å². The smallest absolute Gasteiger partial charge is 0.328 e. The Balaban J connectivity index is 1.56. The summed E-state index contributed by atoms with van der Waals surface area (Å²) < 4.78 is 23.4. The maximum Gasteiger partial charge on any atom is 0.328 e. The number of para-hydroxylation sites is 1. The molecule has 0 aliphatic carbocycles. The highest BCUT2D eigenvalue weighted by atomic mass is 79.9. The zero-order chi connectivity index (χ0) is 24.5. The van der Waals surface area contributed by atoms with Gasteiger partial charge in [-0.2, -0.15) is 0 Å². The monoisotopic (exact) mass is 532 g/mol. The molecule has 9 nitrogen and oxygen atoms in total. The first-order valence-corrected chi connectivity index (χ1v) is 11.4. The van der Waals surface area contributed by atoms with Crippen LogP contribution in [0.3, 0.4) is 0 Å². The Morgan fingerprint density at radius 3 is 2.24 bits per heavy atom. The van der Waals surface area contributed by atoms with Crippen LogP contribution in [0.1, 0.15) is 18.1 Å². The van der Waals surface area contributed by atoms with Crippen molar-refractivity contribution in [1.82, 2.24) is 10.6 Å². The maximum absolute atomic E-state index is 12.0. The number of rotatable bonds is 11. The minimum absolute atomic E-state index is 0.191. The van der Waals surface area contributed by atoms with E-state index in [1.807, 2.05) is 48.7 Å². The van der Waals surface area contributed by atoms with Crippen LogP contribution in [0.2, 0.25) is 0 Å². The first kappa shape index (κ1) is 25.3. The largest absolute Gasteiger partial charge is 0.491 e. The average molecular weight is 533 g/mol. The Labute approximate surface area is 205 Å². The molecule has 0 saturated carbocycles. The molecule has 4 amide bonds. The van der Waals surface area contributed by atoms with Gasteiger partial charge in [0, 0.05) is 0 Å². The summed E-state index contributed by atoms with van der Waals surface area (Å²) in [5, 5.41) is 4.08. The quantitative estimate of drug-likeness (QED) is 0.259. The highest BCUT2D eigenvalue weighted by molar-refractivity contribution is 9.10. The van der Waals surface area contributed by atoms with Crippen LogP contribution >= 0.6 is 15.9 Å². The molecule has 0 bridgehead atoms. The summed E-state index contributed by atoms with van der Waals surface area (Å²) in [5.74, 6) is 0.187. The van der Waals surface area contributed by atoms with Gasteiger partial charge >= 0.3 is 6.03 Å². The van der Waals surface area contributed by atoms with Crippen LogP contribution in [0.15, 0.2) is 46.4 Å². The number of ether oxygens (including phenoxy) is 4. The number of barbiturate groups is 1. The van der Waals surface area contributed by atoms with Gasteiger partial charge in [-0.15, -0.1) is 0 Å². The zero-order valence-electron chi connectivity index (χ0n) is 18.8. The molecule has 1 aliphatic rings. The molecule has 1 aliphatic heterocycles. The highest BCUT2D eigenvalue weighted by Gasteiger charge is 2.28. The van der Waals surface area contributed by atoms with Crippen molar-refractivity contribution in [2.75, 3.05) is 33.0 Å². The third-order valence-corrected chi connectivity index (χ3v) is 5.23. The number of aryl methyl sites for hydroxylation is 1. The fourth-order valence-corrected chi connectivity index (χ4v) is 3.66. The van der Waals surface area contributed by atoms with E-state index in [-0.39, 0.29) is 12.2 Å². The molecule has 2 N–H and O–H groups in total. The van der Waals surface area contributed by atoms with E-state index >= 15 is 0 Å². The standard InChI is InChI=1S/C24H25BrN2O7/c1-3-32-20-14-16(12-17-22(28)26-24(30)27-23(17)29)13-18(25)21(20)34-11-9-31-8-10-33-19-7-5-4-6-15(19)2/h4-7,12-14H,3,8-11H2,1-2H3,(H2,26,27,28,29,30). The molecule has 0 spiro atoms. The zero-order valence-corrected chi connectivity index (χ0v) is 20.4. The molecule has 1 heterocycles. The number of amides is 4. The van der Waals surface area contributed by atoms with Gasteiger partial charge in [0.15, 0.2) is 11.5 Å². The Kier molecular flexibility index (Phi) is 9.06. The highest BCUT2D eigenvalue weighted by Crippen LogP contribution is 2.37. The topological polar surface area (TPSA) is 112 Å². The van der Waals surface area contributed by atoms with E-state index in [9.17, 15) is 14.4 Å². The van der Waals surface area contributed by atoms with Crippen molar-refractivity contribution in [2.24, 2.45) is 0 Å². The van der Waals surface area contributed by atoms with E-state index in [1.54, 1.807) is 12.1 Å². The van der Waals surface area contributed by atoms with Crippen molar-refractivity contribution in [3.05, 3.63) is 57.6 Å². The Morgan fingerprint density at radius 1 is 0.882 bits per heavy atom. The predicted octanol–water partition coefficient (Wildman–Crippen LogP) is 3.38. The lowest BCUT2D eigenvalue weighted by Crippen LogP contribution is -2.51. The lowest BCUT2D eigenvalue weighted by molar-refractivity contribution is -0.123. The van der Waals surface area contributed by atoms with Crippen molar-refractivity contribution in [2.45, 2.75) is 13.8 Å². The predicted molar refractivity (Wildman–Crippen MR) is 128 cm³/mol. The molecule has 0 atom stereocenters. The number of hydrogen-bond donors (Lipinski definition) is 2. The molecule has 0 radical (unpaired) electrons. The summed E-state index contributed by atoms with van der Waals surface area (Å²) >= 11 is 3.45. The van der Waals surface area contributed by atoms with Crippen LogP contribution < -0.4 is 24.8 Å². The van der Waals surface area contributed by atoms with Crippen LogP contribution in [-0.4, -0.2) is 50.9 Å². The lowest BCUT2D eigenvalue weighted by atomic mass is 10.1. The van der Waals surface area contributed by atoms with Crippen LogP contribution in [-0.2, 0) is 14.3 Å². The van der Waals surface area contributed by atoms with Gasteiger partial charge in [-0.25, -0.2) is 4.79 Å². The number of imide groups is 2. The van der Waals surface area contributed by atoms with Crippen LogP contribution in [0.5, 0.6) is 17.2 Å². The average Bonchev–Trinajstić information content (AvgIpc) is 2.78. The van der Waals surface area contributed by atoms with Crippen molar-refractivity contribution >= 4 is 39.9 Å². The normalized spacial score (nSPS) is 13.3. The molecule has 2 aromatic rings. The van der Waals surface area contributed by atoms with E-state index in [1.165, 1.54) is 6.08 Å². The molecule has 10 heteroatoms. The summed E-state index contributed by atoms with van der Waals surface area (Å²) in [7, 11) is 0. The first-order valence-electron chi connectivity index (χ1n) is 10.6. The van der Waals surface area contributed by atoms with E-state index in [2.05, 4.69) is 15.9 Å². The number of urea groups is 1. The van der Waals surface area contributed by atoms with Gasteiger partial charge in [-0.05, 0) is 65.2 Å². The van der Waals surface area contributed by atoms with Gasteiger partial charge < -0.3 is 18.9 Å². The van der Waals surface area contributed by atoms with Crippen molar-refractivity contribution < 1.29 is 33.3 Å².